The Labute approximate surface area is 131 Å². The molecule has 0 atom stereocenters. The van der Waals surface area contributed by atoms with E-state index in [1.165, 1.54) is 0 Å². The molecule has 0 amide bonds. The maximum Gasteiger partial charge on any atom is 0.188 e. The predicted molar refractivity (Wildman–Crippen MR) is 83.9 cm³/mol. The van der Waals surface area contributed by atoms with E-state index >= 15 is 0 Å². The summed E-state index contributed by atoms with van der Waals surface area (Å²) in [5.41, 5.74) is 2.83. The van der Waals surface area contributed by atoms with Gasteiger partial charge in [-0.25, -0.2) is 4.98 Å². The number of H-pyrrole nitrogens is 1. The van der Waals surface area contributed by atoms with E-state index in [0.29, 0.717) is 30.4 Å². The number of nitrogens with one attached hydrogen (secondary N) is 1. The van der Waals surface area contributed by atoms with E-state index in [0.717, 1.165) is 22.3 Å². The van der Waals surface area contributed by atoms with Crippen LogP contribution in [-0.2, 0) is 0 Å². The number of fused-ring (bicyclic) bond motifs is 2. The summed E-state index contributed by atoms with van der Waals surface area (Å²) in [6.45, 7) is 0.580. The van der Waals surface area contributed by atoms with Crippen LogP contribution in [0.15, 0.2) is 36.4 Å². The Kier molecular flexibility index (Phi) is 3.24. The molecule has 6 heteroatoms. The van der Waals surface area contributed by atoms with Crippen LogP contribution in [0.25, 0.3) is 22.4 Å². The average Bonchev–Trinajstić information content (AvgIpc) is 3.03. The number of ketones is 1. The molecule has 0 fully saturated rings. The fourth-order valence-electron chi connectivity index (χ4n) is 2.60. The number of benzene rings is 2. The number of carbonyl (C=O) groups is 1. The molecule has 1 aliphatic heterocycles. The minimum atomic E-state index is -0.505. The van der Waals surface area contributed by atoms with Crippen LogP contribution >= 0.6 is 0 Å². The smallest absolute Gasteiger partial charge is 0.188 e. The molecule has 116 valence electrons. The molecule has 1 aromatic heterocycles. The molecule has 2 N–H and O–H groups in total. The third-order valence-corrected chi connectivity index (χ3v) is 3.76. The van der Waals surface area contributed by atoms with Gasteiger partial charge in [0.2, 0.25) is 0 Å². The lowest BCUT2D eigenvalue weighted by atomic mass is 10.1. The number of nitrogens with zero attached hydrogens (tertiary/aromatic N) is 1. The second-order valence-electron chi connectivity index (χ2n) is 5.26. The first-order chi connectivity index (χ1) is 11.2. The summed E-state index contributed by atoms with van der Waals surface area (Å²) in [6.07, 6.45) is 0. The van der Waals surface area contributed by atoms with Gasteiger partial charge in [-0.1, -0.05) is 0 Å². The van der Waals surface area contributed by atoms with Crippen molar-refractivity contribution in [2.24, 2.45) is 0 Å². The largest absolute Gasteiger partial charge is 0.486 e. The van der Waals surface area contributed by atoms with E-state index in [2.05, 4.69) is 9.97 Å². The van der Waals surface area contributed by atoms with Crippen molar-refractivity contribution in [3.05, 3.63) is 42.0 Å². The second-order valence-corrected chi connectivity index (χ2v) is 5.26. The van der Waals surface area contributed by atoms with E-state index in [-0.39, 0.29) is 5.78 Å². The highest BCUT2D eigenvalue weighted by atomic mass is 16.6. The van der Waals surface area contributed by atoms with Gasteiger partial charge < -0.3 is 19.6 Å². The lowest BCUT2D eigenvalue weighted by Crippen LogP contribution is -2.15. The van der Waals surface area contributed by atoms with Crippen LogP contribution in [0.1, 0.15) is 10.4 Å². The lowest BCUT2D eigenvalue weighted by molar-refractivity contribution is 0.0904. The van der Waals surface area contributed by atoms with Gasteiger partial charge in [-0.3, -0.25) is 4.79 Å². The number of Topliss-reactive ketones (excluding diaryl/α,β-unsaturated/α-hetero) is 1. The SMILES string of the molecule is O=C(CO)c1ccc2nc(-c3ccc4c(c3)OCCO4)[nH]c2c1. The Hall–Kier alpha value is -2.86. The Balaban J connectivity index is 1.75. The first-order valence-corrected chi connectivity index (χ1v) is 7.28. The van der Waals surface area contributed by atoms with Gasteiger partial charge >= 0.3 is 0 Å². The van der Waals surface area contributed by atoms with Crippen LogP contribution in [-0.4, -0.2) is 40.7 Å². The van der Waals surface area contributed by atoms with E-state index in [9.17, 15) is 4.79 Å². The molecule has 4 rings (SSSR count). The molecule has 0 saturated heterocycles. The van der Waals surface area contributed by atoms with Crippen LogP contribution in [0, 0.1) is 0 Å². The molecule has 1 aliphatic rings. The predicted octanol–water partition coefficient (Wildman–Crippen LogP) is 2.18. The first kappa shape index (κ1) is 13.8. The van der Waals surface area contributed by atoms with Gasteiger partial charge in [0.15, 0.2) is 17.3 Å². The minimum absolute atomic E-state index is 0.317. The standard InChI is InChI=1S/C17H14N2O4/c20-9-14(21)10-1-3-12-13(7-10)19-17(18-12)11-2-4-15-16(8-11)23-6-5-22-15/h1-4,7-8,20H,5-6,9H2,(H,18,19). The van der Waals surface area contributed by atoms with Gasteiger partial charge in [-0.2, -0.15) is 0 Å². The zero-order valence-electron chi connectivity index (χ0n) is 12.2. The lowest BCUT2D eigenvalue weighted by Gasteiger charge is -2.18. The Morgan fingerprint density at radius 2 is 1.96 bits per heavy atom. The Bertz CT molecular complexity index is 901. The zero-order chi connectivity index (χ0) is 15.8. The fraction of sp³-hybridized carbons (Fsp3) is 0.176. The van der Waals surface area contributed by atoms with Crippen molar-refractivity contribution >= 4 is 16.8 Å². The maximum absolute atomic E-state index is 11.6. The van der Waals surface area contributed by atoms with Gasteiger partial charge in [0, 0.05) is 11.1 Å². The van der Waals surface area contributed by atoms with Gasteiger partial charge in [0.1, 0.15) is 25.6 Å². The summed E-state index contributed by atoms with van der Waals surface area (Å²) >= 11 is 0. The highest BCUT2D eigenvalue weighted by molar-refractivity contribution is 5.99. The highest BCUT2D eigenvalue weighted by Crippen LogP contribution is 2.34. The summed E-state index contributed by atoms with van der Waals surface area (Å²) in [5, 5.41) is 8.95. The second kappa shape index (κ2) is 5.40. The normalized spacial score (nSPS) is 13.3. The molecule has 6 nitrogen and oxygen atoms in total. The topological polar surface area (TPSA) is 84.4 Å². The number of carbonyl (C=O) groups excluding carboxylic acids is 1. The van der Waals surface area contributed by atoms with Crippen molar-refractivity contribution in [1.82, 2.24) is 9.97 Å². The van der Waals surface area contributed by atoms with E-state index < -0.39 is 6.61 Å². The maximum atomic E-state index is 11.6. The summed E-state index contributed by atoms with van der Waals surface area (Å²) in [7, 11) is 0. The fourth-order valence-corrected chi connectivity index (χ4v) is 2.60. The van der Waals surface area contributed by atoms with Crippen molar-refractivity contribution in [3.8, 4) is 22.9 Å². The molecule has 0 bridgehead atoms. The summed E-state index contributed by atoms with van der Waals surface area (Å²) in [6, 6.07) is 10.8. The average molecular weight is 310 g/mol. The molecule has 0 radical (unpaired) electrons. The Morgan fingerprint density at radius 3 is 2.78 bits per heavy atom. The van der Waals surface area contributed by atoms with E-state index in [4.69, 9.17) is 14.6 Å². The summed E-state index contributed by atoms with van der Waals surface area (Å²) < 4.78 is 11.1. The number of ether oxygens (including phenoxy) is 2. The quantitative estimate of drug-likeness (QED) is 0.724. The number of hydrogen-bond acceptors (Lipinski definition) is 5. The monoisotopic (exact) mass is 310 g/mol. The third kappa shape index (κ3) is 2.43. The van der Waals surface area contributed by atoms with E-state index in [1.807, 2.05) is 18.2 Å². The van der Waals surface area contributed by atoms with Crippen LogP contribution in [0.4, 0.5) is 0 Å². The first-order valence-electron chi connectivity index (χ1n) is 7.28. The number of aliphatic hydroxyl groups excluding tert-OH is 1. The van der Waals surface area contributed by atoms with Crippen LogP contribution in [0.3, 0.4) is 0 Å². The number of aliphatic hydroxyl groups is 1. The van der Waals surface area contributed by atoms with Gasteiger partial charge in [-0.05, 0) is 36.4 Å². The third-order valence-electron chi connectivity index (χ3n) is 3.76. The number of aromatic nitrogens is 2. The van der Waals surface area contributed by atoms with Crippen LogP contribution < -0.4 is 9.47 Å². The van der Waals surface area contributed by atoms with Crippen molar-refractivity contribution < 1.29 is 19.4 Å². The number of hydrogen-bond donors (Lipinski definition) is 2. The molecule has 0 unspecified atom stereocenters. The van der Waals surface area contributed by atoms with Crippen molar-refractivity contribution in [1.29, 1.82) is 0 Å². The molecule has 23 heavy (non-hydrogen) atoms. The Morgan fingerprint density at radius 1 is 1.13 bits per heavy atom. The molecular weight excluding hydrogens is 296 g/mol. The summed E-state index contributed by atoms with van der Waals surface area (Å²) in [4.78, 5) is 19.3. The molecular formula is C17H14N2O4. The molecule has 0 aliphatic carbocycles. The number of aromatic amines is 1. The van der Waals surface area contributed by atoms with Crippen LogP contribution in [0.5, 0.6) is 11.5 Å². The minimum Gasteiger partial charge on any atom is -0.486 e. The van der Waals surface area contributed by atoms with E-state index in [1.54, 1.807) is 18.2 Å². The summed E-state index contributed by atoms with van der Waals surface area (Å²) in [5.74, 6) is 1.80. The van der Waals surface area contributed by atoms with Crippen molar-refractivity contribution in [2.75, 3.05) is 19.8 Å². The molecule has 2 heterocycles. The van der Waals surface area contributed by atoms with Crippen molar-refractivity contribution in [3.63, 3.8) is 0 Å². The van der Waals surface area contributed by atoms with Crippen molar-refractivity contribution in [2.45, 2.75) is 0 Å². The van der Waals surface area contributed by atoms with Gasteiger partial charge in [0.05, 0.1) is 11.0 Å². The number of rotatable bonds is 3. The molecule has 3 aromatic rings. The molecule has 2 aromatic carbocycles. The molecule has 0 saturated carbocycles. The zero-order valence-corrected chi connectivity index (χ0v) is 12.2. The number of imidazole rings is 1. The molecule has 0 spiro atoms. The van der Waals surface area contributed by atoms with Gasteiger partial charge in [-0.15, -0.1) is 0 Å². The highest BCUT2D eigenvalue weighted by Gasteiger charge is 2.14. The van der Waals surface area contributed by atoms with Crippen LogP contribution in [0.2, 0.25) is 0 Å². The van der Waals surface area contributed by atoms with Gasteiger partial charge in [0.25, 0.3) is 0 Å².